The van der Waals surface area contributed by atoms with E-state index in [1.807, 2.05) is 19.1 Å². The zero-order chi connectivity index (χ0) is 15.3. The maximum absolute atomic E-state index is 14.1. The highest BCUT2D eigenvalue weighted by atomic mass is 19.1. The van der Waals surface area contributed by atoms with E-state index in [9.17, 15) is 4.39 Å². The predicted molar refractivity (Wildman–Crippen MR) is 81.9 cm³/mol. The van der Waals surface area contributed by atoms with E-state index in [1.165, 1.54) is 11.8 Å². The Morgan fingerprint density at radius 3 is 2.86 bits per heavy atom. The molecule has 4 nitrogen and oxygen atoms in total. The number of ether oxygens (including phenoxy) is 1. The summed E-state index contributed by atoms with van der Waals surface area (Å²) in [4.78, 5) is 8.36. The number of hydrogen-bond acceptors (Lipinski definition) is 4. The standard InChI is InChI=1S/C17H16FN3O/c1-10-17(21-16(19)22-10)7-11-3-2-4-12(14(11)8-17)13-5-6-20-9-15(13)18/h2-6,9-10H,7-8H2,1H3,(H2,19,21). The number of rotatable bonds is 1. The summed E-state index contributed by atoms with van der Waals surface area (Å²) in [6, 6.07) is 7.94. The molecule has 2 unspecified atom stereocenters. The fourth-order valence-corrected chi connectivity index (χ4v) is 3.55. The molecule has 0 bridgehead atoms. The Balaban J connectivity index is 1.83. The van der Waals surface area contributed by atoms with Gasteiger partial charge in [-0.1, -0.05) is 18.2 Å². The summed E-state index contributed by atoms with van der Waals surface area (Å²) < 4.78 is 19.7. The second-order valence-electron chi connectivity index (χ2n) is 5.97. The molecule has 1 aromatic carbocycles. The average molecular weight is 297 g/mol. The first-order valence-corrected chi connectivity index (χ1v) is 7.32. The molecule has 2 atom stereocenters. The van der Waals surface area contributed by atoms with Gasteiger partial charge < -0.3 is 10.5 Å². The number of benzene rings is 1. The summed E-state index contributed by atoms with van der Waals surface area (Å²) in [5.74, 6) is -0.310. The van der Waals surface area contributed by atoms with Crippen LogP contribution in [-0.4, -0.2) is 22.6 Å². The van der Waals surface area contributed by atoms with Crippen molar-refractivity contribution in [2.75, 3.05) is 0 Å². The normalized spacial score (nSPS) is 25.9. The lowest BCUT2D eigenvalue weighted by atomic mass is 9.90. The molecular formula is C17H16FN3O. The Morgan fingerprint density at radius 2 is 2.14 bits per heavy atom. The first-order valence-electron chi connectivity index (χ1n) is 7.32. The van der Waals surface area contributed by atoms with Crippen LogP contribution in [0.3, 0.4) is 0 Å². The van der Waals surface area contributed by atoms with E-state index in [1.54, 1.807) is 12.3 Å². The molecule has 2 N–H and O–H groups in total. The molecule has 2 aliphatic rings. The second kappa shape index (κ2) is 4.53. The first-order chi connectivity index (χ1) is 10.6. The minimum Gasteiger partial charge on any atom is -0.460 e. The van der Waals surface area contributed by atoms with Gasteiger partial charge in [0.1, 0.15) is 17.5 Å². The van der Waals surface area contributed by atoms with E-state index in [-0.39, 0.29) is 23.5 Å². The Hall–Kier alpha value is -2.43. The summed E-state index contributed by atoms with van der Waals surface area (Å²) in [6.45, 7) is 1.99. The summed E-state index contributed by atoms with van der Waals surface area (Å²) in [5.41, 5.74) is 9.18. The van der Waals surface area contributed by atoms with Gasteiger partial charge in [-0.25, -0.2) is 9.38 Å². The second-order valence-corrected chi connectivity index (χ2v) is 5.97. The molecule has 112 valence electrons. The predicted octanol–water partition coefficient (Wildman–Crippen LogP) is 2.46. The fraction of sp³-hybridized carbons (Fsp3) is 0.294. The van der Waals surface area contributed by atoms with Crippen LogP contribution >= 0.6 is 0 Å². The highest BCUT2D eigenvalue weighted by molar-refractivity contribution is 5.76. The van der Waals surface area contributed by atoms with Gasteiger partial charge in [0.2, 0.25) is 0 Å². The zero-order valence-electron chi connectivity index (χ0n) is 12.2. The molecule has 1 aliphatic carbocycles. The molecule has 22 heavy (non-hydrogen) atoms. The van der Waals surface area contributed by atoms with Crippen molar-refractivity contribution in [1.82, 2.24) is 4.98 Å². The van der Waals surface area contributed by atoms with Crippen molar-refractivity contribution in [3.8, 4) is 11.1 Å². The van der Waals surface area contributed by atoms with Crippen LogP contribution in [-0.2, 0) is 17.6 Å². The van der Waals surface area contributed by atoms with Crippen LogP contribution in [0.15, 0.2) is 41.7 Å². The van der Waals surface area contributed by atoms with Crippen LogP contribution in [0.1, 0.15) is 18.1 Å². The van der Waals surface area contributed by atoms with Crippen molar-refractivity contribution in [2.45, 2.75) is 31.4 Å². The number of fused-ring (bicyclic) bond motifs is 1. The van der Waals surface area contributed by atoms with E-state index < -0.39 is 0 Å². The summed E-state index contributed by atoms with van der Waals surface area (Å²) in [5, 5.41) is 0. The van der Waals surface area contributed by atoms with E-state index in [4.69, 9.17) is 10.5 Å². The van der Waals surface area contributed by atoms with Crippen molar-refractivity contribution in [2.24, 2.45) is 10.7 Å². The van der Waals surface area contributed by atoms with Crippen LogP contribution in [0.5, 0.6) is 0 Å². The van der Waals surface area contributed by atoms with Gasteiger partial charge in [0.15, 0.2) is 0 Å². The summed E-state index contributed by atoms with van der Waals surface area (Å²) in [6.07, 6.45) is 4.26. The third-order valence-electron chi connectivity index (χ3n) is 4.70. The average Bonchev–Trinajstić information content (AvgIpc) is 2.99. The fourth-order valence-electron chi connectivity index (χ4n) is 3.55. The number of aliphatic imine (C=N–C) groups is 1. The largest absolute Gasteiger partial charge is 0.460 e. The molecule has 0 radical (unpaired) electrons. The molecular weight excluding hydrogens is 281 g/mol. The maximum Gasteiger partial charge on any atom is 0.282 e. The summed E-state index contributed by atoms with van der Waals surface area (Å²) >= 11 is 0. The van der Waals surface area contributed by atoms with Crippen molar-refractivity contribution in [1.29, 1.82) is 0 Å². The Morgan fingerprint density at radius 1 is 1.27 bits per heavy atom. The molecule has 4 rings (SSSR count). The molecule has 0 fully saturated rings. The lowest BCUT2D eigenvalue weighted by Crippen LogP contribution is -2.36. The SMILES string of the molecule is CC1OC(N)=NC12Cc1cccc(-c3ccncc3F)c1C2. The number of pyridine rings is 1. The van der Waals surface area contributed by atoms with E-state index in [0.717, 1.165) is 17.5 Å². The van der Waals surface area contributed by atoms with Crippen LogP contribution < -0.4 is 5.73 Å². The van der Waals surface area contributed by atoms with Gasteiger partial charge >= 0.3 is 0 Å². The number of hydrogen-bond donors (Lipinski definition) is 1. The Kier molecular flexibility index (Phi) is 2.73. The molecule has 0 saturated carbocycles. The molecule has 1 spiro atoms. The third-order valence-corrected chi connectivity index (χ3v) is 4.70. The number of nitrogens with zero attached hydrogens (tertiary/aromatic N) is 2. The highest BCUT2D eigenvalue weighted by Gasteiger charge is 2.48. The molecule has 1 aromatic heterocycles. The van der Waals surface area contributed by atoms with Gasteiger partial charge in [0.05, 0.1) is 6.20 Å². The molecule has 5 heteroatoms. The number of halogens is 1. The van der Waals surface area contributed by atoms with Gasteiger partial charge in [0, 0.05) is 24.6 Å². The lowest BCUT2D eigenvalue weighted by molar-refractivity contribution is 0.157. The Bertz CT molecular complexity index is 789. The smallest absolute Gasteiger partial charge is 0.282 e. The molecule has 1 aliphatic heterocycles. The zero-order valence-corrected chi connectivity index (χ0v) is 12.2. The van der Waals surface area contributed by atoms with Gasteiger partial charge in [0.25, 0.3) is 6.02 Å². The Labute approximate surface area is 127 Å². The van der Waals surface area contributed by atoms with E-state index in [0.29, 0.717) is 12.0 Å². The molecule has 0 amide bonds. The van der Waals surface area contributed by atoms with Gasteiger partial charge in [-0.3, -0.25) is 4.98 Å². The molecule has 2 heterocycles. The number of aromatic nitrogens is 1. The summed E-state index contributed by atoms with van der Waals surface area (Å²) in [7, 11) is 0. The van der Waals surface area contributed by atoms with E-state index in [2.05, 4.69) is 16.0 Å². The monoisotopic (exact) mass is 297 g/mol. The number of amidine groups is 1. The third kappa shape index (κ3) is 1.81. The quantitative estimate of drug-likeness (QED) is 0.879. The van der Waals surface area contributed by atoms with Crippen LogP contribution in [0.2, 0.25) is 0 Å². The van der Waals surface area contributed by atoms with Crippen LogP contribution in [0.4, 0.5) is 4.39 Å². The molecule has 0 saturated heterocycles. The van der Waals surface area contributed by atoms with Gasteiger partial charge in [-0.05, 0) is 29.7 Å². The lowest BCUT2D eigenvalue weighted by Gasteiger charge is -2.23. The van der Waals surface area contributed by atoms with Gasteiger partial charge in [-0.2, -0.15) is 0 Å². The molecule has 2 aromatic rings. The topological polar surface area (TPSA) is 60.5 Å². The van der Waals surface area contributed by atoms with Crippen LogP contribution in [0.25, 0.3) is 11.1 Å². The minimum atomic E-state index is -0.355. The van der Waals surface area contributed by atoms with Crippen LogP contribution in [0, 0.1) is 5.82 Å². The number of nitrogens with two attached hydrogens (primary N) is 1. The van der Waals surface area contributed by atoms with Crippen molar-refractivity contribution in [3.05, 3.63) is 53.6 Å². The first kappa shape index (κ1) is 13.2. The van der Waals surface area contributed by atoms with Crippen molar-refractivity contribution in [3.63, 3.8) is 0 Å². The van der Waals surface area contributed by atoms with Gasteiger partial charge in [-0.15, -0.1) is 0 Å². The van der Waals surface area contributed by atoms with Crippen molar-refractivity contribution >= 4 is 6.02 Å². The highest BCUT2D eigenvalue weighted by Crippen LogP contribution is 2.43. The minimum absolute atomic E-state index is 0.0740. The van der Waals surface area contributed by atoms with Crippen molar-refractivity contribution < 1.29 is 9.13 Å². The maximum atomic E-state index is 14.1. The van der Waals surface area contributed by atoms with E-state index >= 15 is 0 Å².